The molecule has 0 aliphatic rings. The van der Waals surface area contributed by atoms with Crippen molar-refractivity contribution < 1.29 is 4.92 Å². The van der Waals surface area contributed by atoms with Crippen molar-refractivity contribution in [2.45, 2.75) is 20.8 Å². The van der Waals surface area contributed by atoms with Crippen molar-refractivity contribution in [2.75, 3.05) is 11.9 Å². The maximum Gasteiger partial charge on any atom is 0.278 e. The first-order valence-corrected chi connectivity index (χ1v) is 6.14. The lowest BCUT2D eigenvalue weighted by Crippen LogP contribution is -2.19. The Morgan fingerprint density at radius 3 is 2.68 bits per heavy atom. The number of benzene rings is 1. The molecule has 0 amide bonds. The number of pyridine rings is 1. The van der Waals surface area contributed by atoms with Crippen molar-refractivity contribution in [3.63, 3.8) is 0 Å². The normalized spacial score (nSPS) is 11.5. The highest BCUT2D eigenvalue weighted by atomic mass is 16.6. The van der Waals surface area contributed by atoms with Gasteiger partial charge in [0.25, 0.3) is 5.69 Å². The molecule has 19 heavy (non-hydrogen) atoms. The molecule has 5 nitrogen and oxygen atoms in total. The number of anilines is 1. The van der Waals surface area contributed by atoms with Gasteiger partial charge in [0.1, 0.15) is 5.52 Å². The number of aromatic nitrogens is 1. The minimum absolute atomic E-state index is 0.0874. The van der Waals surface area contributed by atoms with E-state index in [0.717, 1.165) is 12.2 Å². The van der Waals surface area contributed by atoms with E-state index in [1.165, 1.54) is 6.07 Å². The molecular weight excluding hydrogens is 242 g/mol. The number of rotatable bonds is 3. The third-order valence-electron chi connectivity index (χ3n) is 2.75. The Bertz CT molecular complexity index is 618. The van der Waals surface area contributed by atoms with Crippen LogP contribution < -0.4 is 5.32 Å². The van der Waals surface area contributed by atoms with Gasteiger partial charge in [-0.3, -0.25) is 15.1 Å². The quantitative estimate of drug-likeness (QED) is 0.675. The lowest BCUT2D eigenvalue weighted by molar-refractivity contribution is -0.383. The minimum Gasteiger partial charge on any atom is -0.383 e. The van der Waals surface area contributed by atoms with Crippen LogP contribution in [0.1, 0.15) is 20.8 Å². The summed E-state index contributed by atoms with van der Waals surface area (Å²) in [5.41, 5.74) is 1.68. The zero-order valence-corrected chi connectivity index (χ0v) is 11.3. The highest BCUT2D eigenvalue weighted by molar-refractivity contribution is 5.96. The minimum atomic E-state index is -0.377. The fourth-order valence-electron chi connectivity index (χ4n) is 1.82. The van der Waals surface area contributed by atoms with E-state index in [0.29, 0.717) is 10.9 Å². The summed E-state index contributed by atoms with van der Waals surface area (Å²) in [6.07, 6.45) is 1.65. The van der Waals surface area contributed by atoms with E-state index in [2.05, 4.69) is 31.1 Å². The van der Waals surface area contributed by atoms with E-state index in [1.807, 2.05) is 0 Å². The van der Waals surface area contributed by atoms with E-state index in [-0.39, 0.29) is 16.0 Å². The van der Waals surface area contributed by atoms with Crippen LogP contribution >= 0.6 is 0 Å². The number of nitro groups is 1. The lowest BCUT2D eigenvalue weighted by Gasteiger charge is -2.20. The molecule has 0 radical (unpaired) electrons. The van der Waals surface area contributed by atoms with Gasteiger partial charge in [0, 0.05) is 18.8 Å². The molecule has 100 valence electrons. The number of hydrogen-bond acceptors (Lipinski definition) is 4. The van der Waals surface area contributed by atoms with Gasteiger partial charge in [-0.1, -0.05) is 20.8 Å². The Hall–Kier alpha value is -2.17. The van der Waals surface area contributed by atoms with Crippen LogP contribution in [0.15, 0.2) is 30.5 Å². The van der Waals surface area contributed by atoms with Crippen molar-refractivity contribution in [3.05, 3.63) is 40.6 Å². The Morgan fingerprint density at radius 2 is 2.05 bits per heavy atom. The summed E-state index contributed by atoms with van der Waals surface area (Å²) in [7, 11) is 0. The number of non-ortho nitro benzene ring substituents is 1. The van der Waals surface area contributed by atoms with Gasteiger partial charge in [-0.05, 0) is 23.6 Å². The first kappa shape index (κ1) is 13.3. The van der Waals surface area contributed by atoms with Gasteiger partial charge in [0.05, 0.1) is 16.0 Å². The summed E-state index contributed by atoms with van der Waals surface area (Å²) < 4.78 is 0. The number of fused-ring (bicyclic) bond motifs is 1. The SMILES string of the molecule is CC(C)(C)CNc1ccc([N+](=O)[O-])c2cccnc12. The van der Waals surface area contributed by atoms with Gasteiger partial charge >= 0.3 is 0 Å². The van der Waals surface area contributed by atoms with Crippen LogP contribution in [0.5, 0.6) is 0 Å². The standard InChI is InChI=1S/C14H17N3O2/c1-14(2,3)9-16-11-6-7-12(17(18)19)10-5-4-8-15-13(10)11/h4-8,16H,9H2,1-3H3. The number of nitrogens with one attached hydrogen (secondary N) is 1. The number of hydrogen-bond donors (Lipinski definition) is 1. The molecule has 0 spiro atoms. The van der Waals surface area contributed by atoms with Gasteiger partial charge < -0.3 is 5.32 Å². The summed E-state index contributed by atoms with van der Waals surface area (Å²) in [6, 6.07) is 6.68. The maximum absolute atomic E-state index is 11.0. The molecule has 0 saturated heterocycles. The smallest absolute Gasteiger partial charge is 0.278 e. The molecule has 1 aromatic carbocycles. The van der Waals surface area contributed by atoms with Crippen molar-refractivity contribution in [1.82, 2.24) is 4.98 Å². The highest BCUT2D eigenvalue weighted by Gasteiger charge is 2.16. The molecule has 1 N–H and O–H groups in total. The topological polar surface area (TPSA) is 68.1 Å². The fourth-order valence-corrected chi connectivity index (χ4v) is 1.82. The van der Waals surface area contributed by atoms with Gasteiger partial charge in [-0.25, -0.2) is 0 Å². The average molecular weight is 259 g/mol. The second-order valence-electron chi connectivity index (χ2n) is 5.70. The van der Waals surface area contributed by atoms with Crippen LogP contribution in [0.3, 0.4) is 0 Å². The van der Waals surface area contributed by atoms with E-state index in [4.69, 9.17) is 0 Å². The molecule has 0 aliphatic carbocycles. The van der Waals surface area contributed by atoms with Crippen LogP contribution in [0, 0.1) is 15.5 Å². The Labute approximate surface area is 111 Å². The van der Waals surface area contributed by atoms with Crippen LogP contribution in [-0.2, 0) is 0 Å². The van der Waals surface area contributed by atoms with E-state index in [9.17, 15) is 10.1 Å². The predicted molar refractivity (Wildman–Crippen MR) is 76.3 cm³/mol. The first-order valence-electron chi connectivity index (χ1n) is 6.14. The summed E-state index contributed by atoms with van der Waals surface area (Å²) in [5.74, 6) is 0. The molecule has 0 unspecified atom stereocenters. The molecular formula is C14H17N3O2. The second-order valence-corrected chi connectivity index (χ2v) is 5.70. The van der Waals surface area contributed by atoms with Gasteiger partial charge in [-0.15, -0.1) is 0 Å². The molecule has 0 fully saturated rings. The van der Waals surface area contributed by atoms with Crippen molar-refractivity contribution in [3.8, 4) is 0 Å². The van der Waals surface area contributed by atoms with Gasteiger partial charge in [0.2, 0.25) is 0 Å². The maximum atomic E-state index is 11.0. The molecule has 0 saturated carbocycles. The van der Waals surface area contributed by atoms with E-state index in [1.54, 1.807) is 24.4 Å². The molecule has 0 aliphatic heterocycles. The molecule has 0 bridgehead atoms. The number of nitro benzene ring substituents is 1. The predicted octanol–water partition coefficient (Wildman–Crippen LogP) is 3.60. The summed E-state index contributed by atoms with van der Waals surface area (Å²) in [4.78, 5) is 14.9. The van der Waals surface area contributed by atoms with Gasteiger partial charge in [0.15, 0.2) is 0 Å². The van der Waals surface area contributed by atoms with Gasteiger partial charge in [-0.2, -0.15) is 0 Å². The molecule has 5 heteroatoms. The zero-order valence-electron chi connectivity index (χ0n) is 11.3. The van der Waals surface area contributed by atoms with Crippen molar-refractivity contribution in [1.29, 1.82) is 0 Å². The van der Waals surface area contributed by atoms with Crippen LogP contribution in [0.4, 0.5) is 11.4 Å². The third-order valence-corrected chi connectivity index (χ3v) is 2.75. The zero-order chi connectivity index (χ0) is 14.0. The molecule has 2 aromatic rings. The highest BCUT2D eigenvalue weighted by Crippen LogP contribution is 2.30. The van der Waals surface area contributed by atoms with Crippen molar-refractivity contribution in [2.24, 2.45) is 5.41 Å². The Kier molecular flexibility index (Phi) is 3.38. The van der Waals surface area contributed by atoms with E-state index < -0.39 is 0 Å². The monoisotopic (exact) mass is 259 g/mol. The Morgan fingerprint density at radius 1 is 1.32 bits per heavy atom. The van der Waals surface area contributed by atoms with Crippen molar-refractivity contribution >= 4 is 22.3 Å². The lowest BCUT2D eigenvalue weighted by atomic mass is 9.97. The second kappa shape index (κ2) is 4.84. The molecule has 0 atom stereocenters. The summed E-state index contributed by atoms with van der Waals surface area (Å²) >= 11 is 0. The summed E-state index contributed by atoms with van der Waals surface area (Å²) in [5, 5.41) is 14.9. The first-order chi connectivity index (χ1) is 8.88. The van der Waals surface area contributed by atoms with Crippen LogP contribution in [0.25, 0.3) is 10.9 Å². The fraction of sp³-hybridized carbons (Fsp3) is 0.357. The van der Waals surface area contributed by atoms with E-state index >= 15 is 0 Å². The van der Waals surface area contributed by atoms with Crippen LogP contribution in [0.2, 0.25) is 0 Å². The average Bonchev–Trinajstić information content (AvgIpc) is 2.34. The molecule has 1 aromatic heterocycles. The third kappa shape index (κ3) is 2.99. The Balaban J connectivity index is 2.47. The largest absolute Gasteiger partial charge is 0.383 e. The number of nitrogens with zero attached hydrogens (tertiary/aromatic N) is 2. The summed E-state index contributed by atoms with van der Waals surface area (Å²) in [6.45, 7) is 7.15. The van der Waals surface area contributed by atoms with Crippen LogP contribution in [-0.4, -0.2) is 16.5 Å². The molecule has 1 heterocycles. The molecule has 2 rings (SSSR count).